The Kier molecular flexibility index (Phi) is 8.02. The van der Waals surface area contributed by atoms with Crippen LogP contribution in [0.25, 0.3) is 0 Å². The van der Waals surface area contributed by atoms with E-state index in [1.165, 1.54) is 11.0 Å². The lowest BCUT2D eigenvalue weighted by Crippen LogP contribution is -2.47. The van der Waals surface area contributed by atoms with E-state index in [0.29, 0.717) is 30.2 Å². The number of hydrogen-bond acceptors (Lipinski definition) is 7. The molecule has 4 aromatic rings. The van der Waals surface area contributed by atoms with Gasteiger partial charge in [0.15, 0.2) is 0 Å². The number of pyridine rings is 2. The van der Waals surface area contributed by atoms with Gasteiger partial charge in [-0.25, -0.2) is 4.98 Å². The van der Waals surface area contributed by atoms with Crippen molar-refractivity contribution in [2.75, 3.05) is 16.8 Å². The summed E-state index contributed by atoms with van der Waals surface area (Å²) >= 11 is 0. The number of amides is 1. The van der Waals surface area contributed by atoms with Crippen LogP contribution in [0.5, 0.6) is 0 Å². The van der Waals surface area contributed by atoms with Gasteiger partial charge in [-0.1, -0.05) is 6.42 Å². The zero-order valence-corrected chi connectivity index (χ0v) is 26.7. The zero-order valence-electron chi connectivity index (χ0n) is 26.7. The first-order chi connectivity index (χ1) is 22.5. The van der Waals surface area contributed by atoms with Gasteiger partial charge in [0.25, 0.3) is 5.91 Å². The molecule has 0 saturated heterocycles. The van der Waals surface area contributed by atoms with E-state index in [9.17, 15) is 18.0 Å². The van der Waals surface area contributed by atoms with Crippen molar-refractivity contribution in [1.29, 1.82) is 0 Å². The van der Waals surface area contributed by atoms with Crippen molar-refractivity contribution in [3.05, 3.63) is 94.3 Å². The average molecular weight is 645 g/mol. The Hall–Kier alpha value is -4.32. The van der Waals surface area contributed by atoms with E-state index >= 15 is 0 Å². The predicted octanol–water partition coefficient (Wildman–Crippen LogP) is 6.14. The molecule has 4 heterocycles. The molecule has 1 amide bonds. The molecule has 2 N–H and O–H groups in total. The van der Waals surface area contributed by atoms with Crippen LogP contribution in [0.15, 0.2) is 55.1 Å². The zero-order chi connectivity index (χ0) is 32.8. The SMILES string of the molecule is Cn1cnnc1CC1(c2cc(NCCc3ccncc3)nc(N3Cc4c(cc(CNC5(C)CCC5)cc4C(F)(F)F)C3=O)c2)CCC1. The van der Waals surface area contributed by atoms with Crippen LogP contribution in [-0.4, -0.2) is 42.7 Å². The lowest BCUT2D eigenvalue weighted by molar-refractivity contribution is -0.138. The van der Waals surface area contributed by atoms with Gasteiger partial charge in [-0.15, -0.1) is 10.2 Å². The highest BCUT2D eigenvalue weighted by molar-refractivity contribution is 6.10. The number of anilines is 2. The molecule has 0 unspecified atom stereocenters. The summed E-state index contributed by atoms with van der Waals surface area (Å²) in [5.74, 6) is 1.31. The number of aromatic nitrogens is 5. The molecule has 1 aliphatic heterocycles. The Bertz CT molecular complexity index is 1780. The molecule has 0 atom stereocenters. The van der Waals surface area contributed by atoms with Crippen molar-refractivity contribution in [2.24, 2.45) is 7.05 Å². The first-order valence-corrected chi connectivity index (χ1v) is 16.3. The number of carbonyl (C=O) groups is 1. The molecule has 3 aliphatic rings. The number of hydrogen-bond donors (Lipinski definition) is 2. The van der Waals surface area contributed by atoms with Crippen molar-refractivity contribution in [3.63, 3.8) is 0 Å². The fourth-order valence-electron chi connectivity index (χ4n) is 7.08. The maximum Gasteiger partial charge on any atom is 0.416 e. The summed E-state index contributed by atoms with van der Waals surface area (Å²) in [6.45, 7) is 2.74. The summed E-state index contributed by atoms with van der Waals surface area (Å²) < 4.78 is 45.3. The smallest absolute Gasteiger partial charge is 0.370 e. The van der Waals surface area contributed by atoms with Crippen molar-refractivity contribution in [3.8, 4) is 0 Å². The lowest BCUT2D eigenvalue weighted by atomic mass is 9.62. The molecule has 0 bridgehead atoms. The highest BCUT2D eigenvalue weighted by atomic mass is 19.4. The van der Waals surface area contributed by atoms with Crippen LogP contribution >= 0.6 is 0 Å². The first-order valence-electron chi connectivity index (χ1n) is 16.3. The lowest BCUT2D eigenvalue weighted by Gasteiger charge is -2.42. The molecular formula is C35H39F3N8O. The predicted molar refractivity (Wildman–Crippen MR) is 172 cm³/mol. The average Bonchev–Trinajstić information content (AvgIpc) is 3.58. The van der Waals surface area contributed by atoms with Crippen molar-refractivity contribution < 1.29 is 18.0 Å². The third-order valence-corrected chi connectivity index (χ3v) is 10.4. The van der Waals surface area contributed by atoms with E-state index in [1.54, 1.807) is 24.8 Å². The van der Waals surface area contributed by atoms with Gasteiger partial charge in [-0.05, 0) is 104 Å². The first kappa shape index (κ1) is 31.3. The number of nitrogens with zero attached hydrogens (tertiary/aromatic N) is 6. The molecule has 0 radical (unpaired) electrons. The van der Waals surface area contributed by atoms with Crippen molar-refractivity contribution >= 4 is 17.5 Å². The summed E-state index contributed by atoms with van der Waals surface area (Å²) in [5.41, 5.74) is 1.56. The Morgan fingerprint density at radius 1 is 1.00 bits per heavy atom. The van der Waals surface area contributed by atoms with Crippen molar-refractivity contribution in [2.45, 2.75) is 88.5 Å². The molecule has 12 heteroatoms. The summed E-state index contributed by atoms with van der Waals surface area (Å²) in [4.78, 5) is 24.3. The molecular weight excluding hydrogens is 605 g/mol. The summed E-state index contributed by atoms with van der Waals surface area (Å²) in [6, 6.07) is 10.6. The van der Waals surface area contributed by atoms with Gasteiger partial charge in [0.1, 0.15) is 23.8 Å². The fourth-order valence-corrected chi connectivity index (χ4v) is 7.08. The Morgan fingerprint density at radius 3 is 2.40 bits per heavy atom. The Labute approximate surface area is 272 Å². The maximum atomic E-state index is 14.5. The summed E-state index contributed by atoms with van der Waals surface area (Å²) in [6.07, 6.45) is 7.91. The van der Waals surface area contributed by atoms with E-state index in [4.69, 9.17) is 4.98 Å². The monoisotopic (exact) mass is 644 g/mol. The van der Waals surface area contributed by atoms with Crippen LogP contribution in [0.4, 0.5) is 24.8 Å². The van der Waals surface area contributed by atoms with E-state index < -0.39 is 17.6 Å². The van der Waals surface area contributed by atoms with E-state index in [1.807, 2.05) is 35.9 Å². The third-order valence-electron chi connectivity index (χ3n) is 10.4. The van der Waals surface area contributed by atoms with Crippen LogP contribution in [0.1, 0.15) is 89.4 Å². The Morgan fingerprint density at radius 2 is 1.77 bits per heavy atom. The Balaban J connectivity index is 1.23. The molecule has 3 aromatic heterocycles. The molecule has 7 rings (SSSR count). The van der Waals surface area contributed by atoms with Gasteiger partial charge in [0, 0.05) is 55.5 Å². The number of halogens is 3. The number of aryl methyl sites for hydroxylation is 1. The van der Waals surface area contributed by atoms with Crippen LogP contribution in [0, 0.1) is 0 Å². The number of carbonyl (C=O) groups excluding carboxylic acids is 1. The van der Waals surface area contributed by atoms with Gasteiger partial charge in [0.05, 0.1) is 12.1 Å². The van der Waals surface area contributed by atoms with Crippen LogP contribution in [0.3, 0.4) is 0 Å². The quantitative estimate of drug-likeness (QED) is 0.203. The second-order valence-corrected chi connectivity index (χ2v) is 13.6. The van der Waals surface area contributed by atoms with Gasteiger partial charge in [0.2, 0.25) is 0 Å². The fraction of sp³-hybridized carbons (Fsp3) is 0.457. The minimum absolute atomic E-state index is 0.00190. The third kappa shape index (κ3) is 6.22. The summed E-state index contributed by atoms with van der Waals surface area (Å²) in [7, 11) is 1.92. The van der Waals surface area contributed by atoms with E-state index in [0.717, 1.165) is 61.9 Å². The second-order valence-electron chi connectivity index (χ2n) is 13.6. The molecule has 47 heavy (non-hydrogen) atoms. The number of rotatable bonds is 11. The van der Waals surface area contributed by atoms with Crippen LogP contribution in [-0.2, 0) is 44.6 Å². The largest absolute Gasteiger partial charge is 0.416 e. The van der Waals surface area contributed by atoms with Gasteiger partial charge in [-0.3, -0.25) is 14.7 Å². The molecule has 246 valence electrons. The van der Waals surface area contributed by atoms with Crippen LogP contribution in [0.2, 0.25) is 0 Å². The topological polar surface area (TPSA) is 101 Å². The number of alkyl halides is 3. The van der Waals surface area contributed by atoms with Crippen molar-refractivity contribution in [1.82, 2.24) is 30.0 Å². The molecule has 2 aliphatic carbocycles. The highest BCUT2D eigenvalue weighted by Gasteiger charge is 2.43. The molecule has 2 saturated carbocycles. The molecule has 1 aromatic carbocycles. The molecule has 9 nitrogen and oxygen atoms in total. The number of benzene rings is 1. The number of fused-ring (bicyclic) bond motifs is 1. The van der Waals surface area contributed by atoms with Gasteiger partial charge in [-0.2, -0.15) is 13.2 Å². The number of nitrogens with one attached hydrogen (secondary N) is 2. The molecule has 0 spiro atoms. The van der Waals surface area contributed by atoms with E-state index in [-0.39, 0.29) is 35.2 Å². The summed E-state index contributed by atoms with van der Waals surface area (Å²) in [5, 5.41) is 15.2. The van der Waals surface area contributed by atoms with Crippen LogP contribution < -0.4 is 15.5 Å². The maximum absolute atomic E-state index is 14.5. The second kappa shape index (κ2) is 12.0. The minimum Gasteiger partial charge on any atom is -0.370 e. The van der Waals surface area contributed by atoms with E-state index in [2.05, 4.69) is 32.7 Å². The molecule has 2 fully saturated rings. The van der Waals surface area contributed by atoms with Gasteiger partial charge >= 0.3 is 6.18 Å². The highest BCUT2D eigenvalue weighted by Crippen LogP contribution is 2.48. The van der Waals surface area contributed by atoms with Gasteiger partial charge < -0.3 is 15.2 Å². The minimum atomic E-state index is -4.60. The normalized spacial score (nSPS) is 18.1. The standard InChI is InChI=1S/C35H39F3N8O/c1-33(8-3-9-33)41-20-24-15-26-27(28(16-24)35(36,37)38)21-46(32(26)47)30-18-25(34(10-4-11-34)19-31-44-42-22-45(31)2)17-29(43-30)40-14-7-23-5-12-39-13-6-23/h5-6,12-13,15-18,22,41H,3-4,7-11,14,19-21H2,1-2H3,(H,40,43).